The predicted octanol–water partition coefficient (Wildman–Crippen LogP) is -5.02. The number of hydrogen-bond donors (Lipinski definition) is 10. The van der Waals surface area contributed by atoms with Crippen LogP contribution in [-0.4, -0.2) is 102 Å². The van der Waals surface area contributed by atoms with Crippen molar-refractivity contribution in [1.82, 2.24) is 26.6 Å². The first kappa shape index (κ1) is 35.7. The van der Waals surface area contributed by atoms with E-state index < -0.39 is 91.6 Å². The second-order valence-electron chi connectivity index (χ2n) is 8.56. The predicted molar refractivity (Wildman–Crippen MR) is 137 cm³/mol. The van der Waals surface area contributed by atoms with Gasteiger partial charge in [0.15, 0.2) is 0 Å². The van der Waals surface area contributed by atoms with Crippen molar-refractivity contribution in [3.05, 3.63) is 0 Å². The molecule has 6 amide bonds. The van der Waals surface area contributed by atoms with E-state index in [0.717, 1.165) is 0 Å². The Kier molecular flexibility index (Phi) is 17.6. The highest BCUT2D eigenvalue weighted by molar-refractivity contribution is 5.95. The lowest BCUT2D eigenvalue weighted by Gasteiger charge is -2.23. The molecule has 0 spiro atoms. The van der Waals surface area contributed by atoms with Crippen LogP contribution < -0.4 is 43.8 Å². The minimum Gasteiger partial charge on any atom is -0.481 e. The van der Waals surface area contributed by atoms with E-state index in [0.29, 0.717) is 19.4 Å². The topological polar surface area (TPSA) is 315 Å². The summed E-state index contributed by atoms with van der Waals surface area (Å²) in [6.07, 6.45) is -0.331. The fourth-order valence-electron chi connectivity index (χ4n) is 3.20. The average molecular weight is 575 g/mol. The van der Waals surface area contributed by atoms with E-state index >= 15 is 0 Å². The lowest BCUT2D eigenvalue weighted by atomic mass is 10.1. The third-order valence-corrected chi connectivity index (χ3v) is 5.23. The molecule has 0 rings (SSSR count). The molecule has 13 N–H and O–H groups in total. The molecule has 0 unspecified atom stereocenters. The molecule has 0 aliphatic rings. The summed E-state index contributed by atoms with van der Waals surface area (Å²) in [5.74, 6) is -7.51. The molecule has 18 nitrogen and oxygen atoms in total. The molecule has 18 heteroatoms. The number of carbonyl (C=O) groups is 8. The molecule has 0 bridgehead atoms. The van der Waals surface area contributed by atoms with Gasteiger partial charge in [0.05, 0.1) is 13.1 Å². The van der Waals surface area contributed by atoms with Crippen LogP contribution in [0.1, 0.15) is 44.9 Å². The maximum absolute atomic E-state index is 12.7. The van der Waals surface area contributed by atoms with E-state index in [-0.39, 0.29) is 25.7 Å². The van der Waals surface area contributed by atoms with E-state index in [1.807, 2.05) is 0 Å². The van der Waals surface area contributed by atoms with Gasteiger partial charge < -0.3 is 54.0 Å². The van der Waals surface area contributed by atoms with Gasteiger partial charge in [-0.1, -0.05) is 0 Å². The Bertz CT molecular complexity index is 929. The van der Waals surface area contributed by atoms with Crippen LogP contribution in [0, 0.1) is 0 Å². The van der Waals surface area contributed by atoms with Crippen LogP contribution in [0.4, 0.5) is 0 Å². The van der Waals surface area contributed by atoms with Crippen molar-refractivity contribution >= 4 is 47.4 Å². The minimum absolute atomic E-state index is 0.140. The quantitative estimate of drug-likeness (QED) is 0.0576. The molecule has 40 heavy (non-hydrogen) atoms. The lowest BCUT2D eigenvalue weighted by molar-refractivity contribution is -0.139. The standard InChI is InChI=1S/C22H38N8O10/c23-8-2-1-3-12(20(38)27-11-19(36)37)29-17(33)10-26-21(39)13(5-7-18(34)35)30-22(40)14(4-6-15(25)31)28-16(32)9-24/h12-14H,1-11,23-24H2,(H2,25,31)(H,26,39)(H,27,38)(H,28,32)(H,29,33)(H,30,40)(H,34,35)(H,36,37)/t12-,13-,14-/m0/s1. The second-order valence-corrected chi connectivity index (χ2v) is 8.56. The molecule has 0 aliphatic carbocycles. The Morgan fingerprint density at radius 3 is 1.65 bits per heavy atom. The SMILES string of the molecule is NCCCC[C@H](NC(=O)CNC(=O)[C@H](CCC(=O)O)NC(=O)[C@H](CCC(N)=O)NC(=O)CN)C(=O)NCC(=O)O. The lowest BCUT2D eigenvalue weighted by Crippen LogP contribution is -2.56. The van der Waals surface area contributed by atoms with E-state index in [9.17, 15) is 38.4 Å². The van der Waals surface area contributed by atoms with E-state index in [1.54, 1.807) is 0 Å². The molecule has 0 aromatic heterocycles. The van der Waals surface area contributed by atoms with Crippen LogP contribution in [0.2, 0.25) is 0 Å². The van der Waals surface area contributed by atoms with Crippen LogP contribution in [-0.2, 0) is 38.4 Å². The zero-order valence-corrected chi connectivity index (χ0v) is 21.9. The van der Waals surface area contributed by atoms with Crippen LogP contribution in [0.3, 0.4) is 0 Å². The number of nitrogens with two attached hydrogens (primary N) is 3. The average Bonchev–Trinajstić information content (AvgIpc) is 2.89. The summed E-state index contributed by atoms with van der Waals surface area (Å²) in [7, 11) is 0. The Morgan fingerprint density at radius 1 is 0.600 bits per heavy atom. The largest absolute Gasteiger partial charge is 0.481 e. The van der Waals surface area contributed by atoms with Gasteiger partial charge in [-0.3, -0.25) is 38.4 Å². The van der Waals surface area contributed by atoms with Gasteiger partial charge in [0, 0.05) is 12.8 Å². The van der Waals surface area contributed by atoms with Gasteiger partial charge in [0.25, 0.3) is 0 Å². The molecule has 0 fully saturated rings. The zero-order valence-electron chi connectivity index (χ0n) is 21.9. The number of aliphatic carboxylic acids is 2. The molecular weight excluding hydrogens is 536 g/mol. The molecule has 0 heterocycles. The van der Waals surface area contributed by atoms with Gasteiger partial charge in [-0.25, -0.2) is 0 Å². The van der Waals surface area contributed by atoms with Crippen LogP contribution in [0.5, 0.6) is 0 Å². The van der Waals surface area contributed by atoms with Crippen molar-refractivity contribution in [1.29, 1.82) is 0 Å². The summed E-state index contributed by atoms with van der Waals surface area (Å²) in [6, 6.07) is -3.89. The van der Waals surface area contributed by atoms with Crippen molar-refractivity contribution < 1.29 is 48.6 Å². The normalized spacial score (nSPS) is 12.7. The highest BCUT2D eigenvalue weighted by Crippen LogP contribution is 2.04. The molecule has 3 atom stereocenters. The summed E-state index contributed by atoms with van der Waals surface area (Å²) in [6.45, 7) is -1.49. The van der Waals surface area contributed by atoms with Crippen molar-refractivity contribution in [2.45, 2.75) is 63.1 Å². The maximum atomic E-state index is 12.7. The first-order chi connectivity index (χ1) is 18.8. The van der Waals surface area contributed by atoms with E-state index in [1.165, 1.54) is 0 Å². The highest BCUT2D eigenvalue weighted by atomic mass is 16.4. The van der Waals surface area contributed by atoms with Crippen molar-refractivity contribution in [2.24, 2.45) is 17.2 Å². The summed E-state index contributed by atoms with van der Waals surface area (Å²) < 4.78 is 0. The Morgan fingerprint density at radius 2 is 1.12 bits per heavy atom. The molecule has 0 aliphatic heterocycles. The number of nitrogens with one attached hydrogen (secondary N) is 5. The number of carbonyl (C=O) groups excluding carboxylic acids is 6. The molecule has 0 saturated heterocycles. The van der Waals surface area contributed by atoms with E-state index in [2.05, 4.69) is 26.6 Å². The van der Waals surface area contributed by atoms with Gasteiger partial charge in [0.1, 0.15) is 24.7 Å². The van der Waals surface area contributed by atoms with Crippen molar-refractivity contribution in [3.63, 3.8) is 0 Å². The molecule has 0 aromatic rings. The third kappa shape index (κ3) is 16.5. The third-order valence-electron chi connectivity index (χ3n) is 5.23. The van der Waals surface area contributed by atoms with Gasteiger partial charge in [0.2, 0.25) is 35.4 Å². The number of hydrogen-bond acceptors (Lipinski definition) is 10. The molecule has 0 saturated carbocycles. The first-order valence-corrected chi connectivity index (χ1v) is 12.4. The Labute approximate surface area is 229 Å². The zero-order chi connectivity index (χ0) is 30.7. The van der Waals surface area contributed by atoms with Gasteiger partial charge >= 0.3 is 11.9 Å². The molecule has 0 radical (unpaired) electrons. The van der Waals surface area contributed by atoms with Crippen LogP contribution >= 0.6 is 0 Å². The van der Waals surface area contributed by atoms with Crippen molar-refractivity contribution in [2.75, 3.05) is 26.2 Å². The van der Waals surface area contributed by atoms with Crippen molar-refractivity contribution in [3.8, 4) is 0 Å². The summed E-state index contributed by atoms with van der Waals surface area (Å²) in [4.78, 5) is 94.7. The monoisotopic (exact) mass is 574 g/mol. The summed E-state index contributed by atoms with van der Waals surface area (Å²) in [5, 5.41) is 29.1. The Balaban J connectivity index is 5.37. The number of amides is 6. The fourth-order valence-corrected chi connectivity index (χ4v) is 3.20. The van der Waals surface area contributed by atoms with Gasteiger partial charge in [-0.2, -0.15) is 0 Å². The van der Waals surface area contributed by atoms with E-state index in [4.69, 9.17) is 27.4 Å². The molecule has 0 aromatic carbocycles. The highest BCUT2D eigenvalue weighted by Gasteiger charge is 2.28. The van der Waals surface area contributed by atoms with Crippen LogP contribution in [0.15, 0.2) is 0 Å². The smallest absolute Gasteiger partial charge is 0.322 e. The first-order valence-electron chi connectivity index (χ1n) is 12.4. The van der Waals surface area contributed by atoms with Gasteiger partial charge in [-0.15, -0.1) is 0 Å². The van der Waals surface area contributed by atoms with Crippen LogP contribution in [0.25, 0.3) is 0 Å². The summed E-state index contributed by atoms with van der Waals surface area (Å²) >= 11 is 0. The molecule has 226 valence electrons. The number of carboxylic acids is 2. The number of carboxylic acid groups (broad SMARTS) is 2. The maximum Gasteiger partial charge on any atom is 0.322 e. The number of rotatable bonds is 21. The van der Waals surface area contributed by atoms with Gasteiger partial charge in [-0.05, 0) is 38.6 Å². The number of unbranched alkanes of at least 4 members (excludes halogenated alkanes) is 1. The fraction of sp³-hybridized carbons (Fsp3) is 0.636. The molecular formula is C22H38N8O10. The second kappa shape index (κ2) is 19.7. The number of primary amides is 1. The summed E-state index contributed by atoms with van der Waals surface area (Å²) in [5.41, 5.74) is 15.8. The Hall–Kier alpha value is -4.32. The minimum atomic E-state index is -1.46.